The summed E-state index contributed by atoms with van der Waals surface area (Å²) >= 11 is 0. The molecule has 0 radical (unpaired) electrons. The molecule has 4 heterocycles. The van der Waals surface area contributed by atoms with E-state index in [0.717, 1.165) is 55.3 Å². The number of aromatic nitrogens is 4. The Bertz CT molecular complexity index is 1300. The van der Waals surface area contributed by atoms with Crippen LogP contribution < -0.4 is 10.2 Å². The first-order valence-electron chi connectivity index (χ1n) is 12.6. The predicted octanol–water partition coefficient (Wildman–Crippen LogP) is 4.99. The minimum absolute atomic E-state index is 0.0114. The number of anilines is 2. The number of rotatable bonds is 7. The molecule has 3 aromatic heterocycles. The molecule has 6 rings (SSSR count). The zero-order valence-corrected chi connectivity index (χ0v) is 19.8. The second kappa shape index (κ2) is 9.49. The van der Waals surface area contributed by atoms with Crippen molar-refractivity contribution in [1.82, 2.24) is 19.6 Å². The van der Waals surface area contributed by atoms with Crippen LogP contribution in [0.1, 0.15) is 37.7 Å². The third kappa shape index (κ3) is 4.90. The normalized spacial score (nSPS) is 16.5. The number of carbonyl (C=O) groups is 1. The molecule has 1 aliphatic carbocycles. The van der Waals surface area contributed by atoms with E-state index in [2.05, 4.69) is 62.8 Å². The lowest BCUT2D eigenvalue weighted by Gasteiger charge is -2.33. The summed E-state index contributed by atoms with van der Waals surface area (Å²) in [5.74, 6) is 2.29. The van der Waals surface area contributed by atoms with E-state index in [1.165, 1.54) is 24.8 Å². The molecule has 0 unspecified atom stereocenters. The molecule has 1 saturated carbocycles. The van der Waals surface area contributed by atoms with E-state index in [-0.39, 0.29) is 11.8 Å². The van der Waals surface area contributed by atoms with Crippen LogP contribution in [0.25, 0.3) is 16.9 Å². The Morgan fingerprint density at radius 2 is 1.77 bits per heavy atom. The Kier molecular flexibility index (Phi) is 5.90. The lowest BCUT2D eigenvalue weighted by atomic mass is 9.90. The van der Waals surface area contributed by atoms with E-state index in [0.29, 0.717) is 11.6 Å². The van der Waals surface area contributed by atoms with Crippen molar-refractivity contribution in [2.45, 2.75) is 38.5 Å². The van der Waals surface area contributed by atoms with E-state index < -0.39 is 0 Å². The van der Waals surface area contributed by atoms with Gasteiger partial charge in [0.05, 0.1) is 5.69 Å². The molecular weight excluding hydrogens is 436 g/mol. The number of hydrogen-bond donors (Lipinski definition) is 1. The van der Waals surface area contributed by atoms with Gasteiger partial charge in [-0.15, -0.1) is 5.10 Å². The Morgan fingerprint density at radius 3 is 2.51 bits per heavy atom. The highest BCUT2D eigenvalue weighted by atomic mass is 16.2. The predicted molar refractivity (Wildman–Crippen MR) is 137 cm³/mol. The number of fused-ring (bicyclic) bond motifs is 1. The molecule has 7 nitrogen and oxygen atoms in total. The smallest absolute Gasteiger partial charge is 0.249 e. The number of amides is 1. The summed E-state index contributed by atoms with van der Waals surface area (Å²) in [5.41, 5.74) is 4.02. The van der Waals surface area contributed by atoms with E-state index in [1.54, 1.807) is 4.52 Å². The number of nitrogens with zero attached hydrogens (tertiary/aromatic N) is 5. The maximum Gasteiger partial charge on any atom is 0.249 e. The van der Waals surface area contributed by atoms with Crippen LogP contribution in [0.3, 0.4) is 0 Å². The molecule has 1 N–H and O–H groups in total. The van der Waals surface area contributed by atoms with Crippen LogP contribution >= 0.6 is 0 Å². The topological polar surface area (TPSA) is 75.4 Å². The molecular formula is C28H30N6O. The fourth-order valence-corrected chi connectivity index (χ4v) is 4.93. The fourth-order valence-electron chi connectivity index (χ4n) is 4.93. The van der Waals surface area contributed by atoms with Gasteiger partial charge in [-0.2, -0.15) is 4.98 Å². The van der Waals surface area contributed by atoms with E-state index in [1.807, 2.05) is 24.4 Å². The number of aryl methyl sites for hydroxylation is 1. The standard InChI is InChI=1S/C28H30N6O/c35-27(22-11-12-22)31-28-30-26-8-4-7-24(34(26)32-28)23-13-14-25(29-19-23)33-17-15-21(16-18-33)10-9-20-5-2-1-3-6-20/h1-8,13-14,19,21-22H,9-12,15-18H2,(H,31,32,35). The number of piperidine rings is 1. The number of benzene rings is 1. The summed E-state index contributed by atoms with van der Waals surface area (Å²) in [6.45, 7) is 2.10. The summed E-state index contributed by atoms with van der Waals surface area (Å²) < 4.78 is 1.78. The molecule has 0 bridgehead atoms. The molecule has 2 fully saturated rings. The Hall–Kier alpha value is -3.74. The fraction of sp³-hybridized carbons (Fsp3) is 0.357. The summed E-state index contributed by atoms with van der Waals surface area (Å²) in [4.78, 5) is 23.8. The molecule has 1 aliphatic heterocycles. The zero-order valence-electron chi connectivity index (χ0n) is 19.8. The van der Waals surface area contributed by atoms with Crippen molar-refractivity contribution in [2.24, 2.45) is 11.8 Å². The Labute approximate surface area is 205 Å². The monoisotopic (exact) mass is 466 g/mol. The van der Waals surface area contributed by atoms with Crippen LogP contribution in [0.15, 0.2) is 66.9 Å². The van der Waals surface area contributed by atoms with Crippen LogP contribution in [0.4, 0.5) is 11.8 Å². The summed E-state index contributed by atoms with van der Waals surface area (Å²) in [7, 11) is 0. The van der Waals surface area contributed by atoms with Gasteiger partial charge in [0.25, 0.3) is 0 Å². The summed E-state index contributed by atoms with van der Waals surface area (Å²) in [6.07, 6.45) is 8.67. The molecule has 178 valence electrons. The van der Waals surface area contributed by atoms with Gasteiger partial charge < -0.3 is 4.90 Å². The third-order valence-corrected chi connectivity index (χ3v) is 7.21. The van der Waals surface area contributed by atoms with Crippen molar-refractivity contribution in [2.75, 3.05) is 23.3 Å². The third-order valence-electron chi connectivity index (χ3n) is 7.21. The van der Waals surface area contributed by atoms with Crippen LogP contribution in [0.5, 0.6) is 0 Å². The molecule has 7 heteroatoms. The zero-order chi connectivity index (χ0) is 23.6. The van der Waals surface area contributed by atoms with Gasteiger partial charge in [0, 0.05) is 30.8 Å². The highest BCUT2D eigenvalue weighted by molar-refractivity contribution is 5.92. The molecule has 2 aliphatic rings. The highest BCUT2D eigenvalue weighted by Crippen LogP contribution is 2.30. The average Bonchev–Trinajstić information content (AvgIpc) is 3.68. The van der Waals surface area contributed by atoms with Crippen molar-refractivity contribution in [3.63, 3.8) is 0 Å². The maximum atomic E-state index is 12.1. The van der Waals surface area contributed by atoms with E-state index in [4.69, 9.17) is 4.98 Å². The van der Waals surface area contributed by atoms with E-state index in [9.17, 15) is 4.79 Å². The number of pyridine rings is 2. The van der Waals surface area contributed by atoms with Gasteiger partial charge in [-0.1, -0.05) is 36.4 Å². The minimum atomic E-state index is 0.0114. The maximum absolute atomic E-state index is 12.1. The van der Waals surface area contributed by atoms with Gasteiger partial charge in [-0.25, -0.2) is 9.50 Å². The van der Waals surface area contributed by atoms with E-state index >= 15 is 0 Å². The first kappa shape index (κ1) is 21.8. The number of nitrogens with one attached hydrogen (secondary N) is 1. The van der Waals surface area contributed by atoms with Gasteiger partial charge in [0.2, 0.25) is 11.9 Å². The van der Waals surface area contributed by atoms with Crippen molar-refractivity contribution in [3.8, 4) is 11.3 Å². The SMILES string of the molecule is O=C(Nc1nc2cccc(-c3ccc(N4CCC(CCc5ccccc5)CC4)nc3)n2n1)C1CC1. The Morgan fingerprint density at radius 1 is 0.943 bits per heavy atom. The van der Waals surface area contributed by atoms with Gasteiger partial charge in [-0.05, 0) is 74.3 Å². The van der Waals surface area contributed by atoms with Crippen LogP contribution in [-0.4, -0.2) is 38.6 Å². The Balaban J connectivity index is 1.10. The molecule has 1 saturated heterocycles. The summed E-state index contributed by atoms with van der Waals surface area (Å²) in [5, 5.41) is 7.38. The minimum Gasteiger partial charge on any atom is -0.357 e. The average molecular weight is 467 g/mol. The second-order valence-electron chi connectivity index (χ2n) is 9.74. The van der Waals surface area contributed by atoms with Crippen LogP contribution in [0.2, 0.25) is 0 Å². The molecule has 4 aromatic rings. The highest BCUT2D eigenvalue weighted by Gasteiger charge is 2.30. The van der Waals surface area contributed by atoms with Crippen molar-refractivity contribution in [3.05, 3.63) is 72.4 Å². The second-order valence-corrected chi connectivity index (χ2v) is 9.74. The van der Waals surface area contributed by atoms with Crippen molar-refractivity contribution < 1.29 is 4.79 Å². The molecule has 1 amide bonds. The lowest BCUT2D eigenvalue weighted by molar-refractivity contribution is -0.117. The van der Waals surface area contributed by atoms with Gasteiger partial charge in [0.1, 0.15) is 5.82 Å². The molecule has 35 heavy (non-hydrogen) atoms. The van der Waals surface area contributed by atoms with Gasteiger partial charge in [0.15, 0.2) is 5.65 Å². The van der Waals surface area contributed by atoms with Crippen LogP contribution in [-0.2, 0) is 11.2 Å². The quantitative estimate of drug-likeness (QED) is 0.415. The first-order valence-corrected chi connectivity index (χ1v) is 12.6. The molecule has 1 aromatic carbocycles. The van der Waals surface area contributed by atoms with Crippen molar-refractivity contribution >= 4 is 23.3 Å². The first-order chi connectivity index (χ1) is 17.2. The summed E-state index contributed by atoms with van der Waals surface area (Å²) in [6, 6.07) is 20.9. The van der Waals surface area contributed by atoms with Gasteiger partial charge >= 0.3 is 0 Å². The van der Waals surface area contributed by atoms with Gasteiger partial charge in [-0.3, -0.25) is 10.1 Å². The number of carbonyl (C=O) groups excluding carboxylic acids is 1. The van der Waals surface area contributed by atoms with Crippen molar-refractivity contribution in [1.29, 1.82) is 0 Å². The molecule has 0 spiro atoms. The molecule has 0 atom stereocenters. The van der Waals surface area contributed by atoms with Crippen LogP contribution in [0, 0.1) is 11.8 Å². The number of hydrogen-bond acceptors (Lipinski definition) is 5. The lowest BCUT2D eigenvalue weighted by Crippen LogP contribution is -2.34. The largest absolute Gasteiger partial charge is 0.357 e.